The van der Waals surface area contributed by atoms with Crippen molar-refractivity contribution in [2.45, 2.75) is 46.1 Å². The van der Waals surface area contributed by atoms with Crippen LogP contribution in [0.25, 0.3) is 0 Å². The minimum atomic E-state index is -4.02. The fourth-order valence-corrected chi connectivity index (χ4v) is 6.70. The van der Waals surface area contributed by atoms with Crippen molar-refractivity contribution in [1.82, 2.24) is 9.21 Å². The molecule has 8 nitrogen and oxygen atoms in total. The summed E-state index contributed by atoms with van der Waals surface area (Å²) < 4.78 is 41.2. The molecule has 166 valence electrons. The molecule has 2 bridgehead atoms. The molecule has 2 fully saturated rings. The Labute approximate surface area is 182 Å². The summed E-state index contributed by atoms with van der Waals surface area (Å²) in [6.45, 7) is 7.47. The largest absolute Gasteiger partial charge is 0.454 e. The van der Waals surface area contributed by atoms with Gasteiger partial charge in [0.2, 0.25) is 6.79 Å². The van der Waals surface area contributed by atoms with Crippen molar-refractivity contribution in [3.8, 4) is 11.5 Å². The van der Waals surface area contributed by atoms with E-state index < -0.39 is 10.2 Å². The number of benzene rings is 1. The minimum absolute atomic E-state index is 0.0585. The summed E-state index contributed by atoms with van der Waals surface area (Å²) in [5.74, 6) is 0.868. The molecule has 5 rings (SSSR count). The minimum Gasteiger partial charge on any atom is -0.454 e. The third-order valence-corrected chi connectivity index (χ3v) is 8.05. The molecule has 31 heavy (non-hydrogen) atoms. The molecule has 0 N–H and O–H groups in total. The van der Waals surface area contributed by atoms with Gasteiger partial charge in [0.25, 0.3) is 5.91 Å². The van der Waals surface area contributed by atoms with E-state index in [2.05, 4.69) is 25.2 Å². The Morgan fingerprint density at radius 2 is 1.90 bits per heavy atom. The van der Waals surface area contributed by atoms with Crippen LogP contribution < -0.4 is 9.47 Å². The van der Waals surface area contributed by atoms with Crippen molar-refractivity contribution < 1.29 is 22.7 Å². The normalized spacial score (nSPS) is 30.1. The second-order valence-electron chi connectivity index (χ2n) is 10.2. The first-order valence-electron chi connectivity index (χ1n) is 10.5. The third-order valence-electron chi connectivity index (χ3n) is 6.74. The Balaban J connectivity index is 1.51. The number of nitrogens with zero attached hydrogens (tertiary/aromatic N) is 3. The number of carbonyl (C=O) groups is 1. The number of ether oxygens (including phenoxy) is 2. The van der Waals surface area contributed by atoms with Crippen molar-refractivity contribution in [2.75, 3.05) is 20.4 Å². The van der Waals surface area contributed by atoms with Gasteiger partial charge in [-0.05, 0) is 54.4 Å². The number of likely N-dealkylation sites (tertiary alicyclic amines) is 1. The number of hydrogen-bond acceptors (Lipinski definition) is 5. The second-order valence-corrected chi connectivity index (χ2v) is 11.8. The van der Waals surface area contributed by atoms with E-state index >= 15 is 0 Å². The molecule has 3 aliphatic heterocycles. The molecule has 2 atom stereocenters. The number of amides is 1. The third kappa shape index (κ3) is 3.39. The second kappa shape index (κ2) is 6.48. The van der Waals surface area contributed by atoms with E-state index in [1.165, 1.54) is 7.05 Å². The molecule has 1 amide bonds. The Bertz CT molecular complexity index is 1140. The molecular formula is C22H27N3O5S. The number of carbonyl (C=O) groups excluding carboxylic acids is 1. The van der Waals surface area contributed by atoms with Crippen molar-refractivity contribution in [2.24, 2.45) is 15.2 Å². The Morgan fingerprint density at radius 1 is 1.16 bits per heavy atom. The quantitative estimate of drug-likeness (QED) is 0.698. The summed E-state index contributed by atoms with van der Waals surface area (Å²) in [5, 5.41) is 0. The summed E-state index contributed by atoms with van der Waals surface area (Å²) in [4.78, 5) is 15.5. The molecule has 1 aliphatic carbocycles. The van der Waals surface area contributed by atoms with Gasteiger partial charge in [-0.3, -0.25) is 4.79 Å². The van der Waals surface area contributed by atoms with Gasteiger partial charge in [0.05, 0.1) is 5.71 Å². The van der Waals surface area contributed by atoms with Crippen LogP contribution in [0, 0.1) is 10.8 Å². The topological polar surface area (TPSA) is 88.5 Å². The Kier molecular flexibility index (Phi) is 4.25. The predicted molar refractivity (Wildman–Crippen MR) is 115 cm³/mol. The van der Waals surface area contributed by atoms with Gasteiger partial charge in [-0.1, -0.05) is 20.8 Å². The first-order valence-corrected chi connectivity index (χ1v) is 11.9. The summed E-state index contributed by atoms with van der Waals surface area (Å²) in [5.41, 5.74) is 1.11. The van der Waals surface area contributed by atoms with Crippen LogP contribution in [0.1, 0.15) is 45.6 Å². The van der Waals surface area contributed by atoms with E-state index in [1.54, 1.807) is 24.3 Å². The van der Waals surface area contributed by atoms with Crippen LogP contribution in [-0.4, -0.2) is 55.7 Å². The number of allylic oxidation sites excluding steroid dienone is 1. The highest BCUT2D eigenvalue weighted by molar-refractivity contribution is 7.88. The Hall–Kier alpha value is -2.55. The molecule has 0 aromatic heterocycles. The van der Waals surface area contributed by atoms with Crippen molar-refractivity contribution in [1.29, 1.82) is 0 Å². The van der Waals surface area contributed by atoms with Crippen LogP contribution in [-0.2, 0) is 15.0 Å². The predicted octanol–water partition coefficient (Wildman–Crippen LogP) is 2.71. The smallest absolute Gasteiger partial charge is 0.345 e. The fraction of sp³-hybridized carbons (Fsp3) is 0.545. The van der Waals surface area contributed by atoms with Crippen molar-refractivity contribution in [3.05, 3.63) is 35.5 Å². The van der Waals surface area contributed by atoms with Gasteiger partial charge in [0.15, 0.2) is 11.5 Å². The van der Waals surface area contributed by atoms with Crippen molar-refractivity contribution in [3.63, 3.8) is 0 Å². The van der Waals surface area contributed by atoms with Crippen LogP contribution in [0.15, 0.2) is 34.4 Å². The molecule has 3 heterocycles. The number of rotatable bonds is 2. The van der Waals surface area contributed by atoms with Gasteiger partial charge in [0.1, 0.15) is 5.70 Å². The lowest BCUT2D eigenvalue weighted by Gasteiger charge is -2.39. The molecule has 1 aromatic rings. The monoisotopic (exact) mass is 445 g/mol. The standard InChI is InChI=1S/C22H27N3O5S/c1-21(2)9-15-10-22(3,11-21)12-25(15)20(26)17-8-16(23-31(27,28)24(17)4)14-5-6-18-19(7-14)30-13-29-18/h5-8,15H,9-13H2,1-4H3/t15-,22+/m1/s1. The maximum absolute atomic E-state index is 13.6. The Morgan fingerprint density at radius 3 is 2.68 bits per heavy atom. The maximum Gasteiger partial charge on any atom is 0.345 e. The molecule has 0 radical (unpaired) electrons. The van der Waals surface area contributed by atoms with Crippen LogP contribution in [0.2, 0.25) is 0 Å². The zero-order valence-electron chi connectivity index (χ0n) is 18.2. The molecule has 1 saturated heterocycles. The molecule has 4 aliphatic rings. The average molecular weight is 446 g/mol. The highest BCUT2D eigenvalue weighted by Gasteiger charge is 2.52. The van der Waals surface area contributed by atoms with Crippen LogP contribution in [0.3, 0.4) is 0 Å². The first-order chi connectivity index (χ1) is 14.5. The van der Waals surface area contributed by atoms with Gasteiger partial charge in [-0.2, -0.15) is 8.42 Å². The molecule has 1 aromatic carbocycles. The number of likely N-dealkylation sites (N-methyl/N-ethyl adjacent to an activating group) is 1. The lowest BCUT2D eigenvalue weighted by molar-refractivity contribution is -0.129. The molecular weight excluding hydrogens is 418 g/mol. The molecule has 0 unspecified atom stereocenters. The molecule has 9 heteroatoms. The first kappa shape index (κ1) is 20.4. The number of fused-ring (bicyclic) bond motifs is 3. The van der Waals surface area contributed by atoms with Gasteiger partial charge >= 0.3 is 10.2 Å². The van der Waals surface area contributed by atoms with E-state index in [4.69, 9.17) is 9.47 Å². The maximum atomic E-state index is 13.6. The lowest BCUT2D eigenvalue weighted by Crippen LogP contribution is -2.43. The fourth-order valence-electron chi connectivity index (χ4n) is 5.79. The van der Waals surface area contributed by atoms with Gasteiger partial charge in [0, 0.05) is 25.2 Å². The van der Waals surface area contributed by atoms with Gasteiger partial charge in [-0.15, -0.1) is 4.40 Å². The zero-order valence-corrected chi connectivity index (χ0v) is 19.0. The van der Waals surface area contributed by atoms with E-state index in [9.17, 15) is 13.2 Å². The van der Waals surface area contributed by atoms with E-state index in [1.807, 2.05) is 4.90 Å². The summed E-state index contributed by atoms with van der Waals surface area (Å²) in [6, 6.07) is 5.24. The summed E-state index contributed by atoms with van der Waals surface area (Å²) >= 11 is 0. The lowest BCUT2D eigenvalue weighted by atomic mass is 9.65. The van der Waals surface area contributed by atoms with Crippen LogP contribution in [0.4, 0.5) is 0 Å². The summed E-state index contributed by atoms with van der Waals surface area (Å²) in [7, 11) is -2.64. The van der Waals surface area contributed by atoms with E-state index in [0.29, 0.717) is 23.6 Å². The number of hydrogen-bond donors (Lipinski definition) is 0. The zero-order chi connectivity index (χ0) is 22.2. The average Bonchev–Trinajstić information content (AvgIpc) is 3.23. The molecule has 1 saturated carbocycles. The van der Waals surface area contributed by atoms with Crippen LogP contribution >= 0.6 is 0 Å². The summed E-state index contributed by atoms with van der Waals surface area (Å²) in [6.07, 6.45) is 4.49. The SMILES string of the molecule is CN1C(C(=O)N2C[C@@]3(C)C[C@H]2CC(C)(C)C3)=CC(c2ccc3c(c2)OCO3)=NS1(=O)=O. The highest BCUT2D eigenvalue weighted by atomic mass is 32.2. The van der Waals surface area contributed by atoms with Gasteiger partial charge in [-0.25, -0.2) is 4.31 Å². The van der Waals surface area contributed by atoms with Gasteiger partial charge < -0.3 is 14.4 Å². The molecule has 0 spiro atoms. The van der Waals surface area contributed by atoms with Crippen molar-refractivity contribution >= 4 is 21.8 Å². The highest BCUT2D eigenvalue weighted by Crippen LogP contribution is 2.52. The van der Waals surface area contributed by atoms with E-state index in [-0.39, 0.29) is 41.0 Å². The van der Waals surface area contributed by atoms with Crippen LogP contribution in [0.5, 0.6) is 11.5 Å². The van der Waals surface area contributed by atoms with E-state index in [0.717, 1.165) is 23.6 Å².